The van der Waals surface area contributed by atoms with Gasteiger partial charge in [0.05, 0.1) is 11.2 Å². The second-order valence-electron chi connectivity index (χ2n) is 4.55. The van der Waals surface area contributed by atoms with Crippen LogP contribution in [0.1, 0.15) is 0 Å². The number of fused-ring (bicyclic) bond motifs is 2. The highest BCUT2D eigenvalue weighted by Gasteiger charge is 2.15. The Hall–Kier alpha value is -3.63. The number of hydrogen-bond acceptors (Lipinski definition) is 7. The molecule has 0 aliphatic heterocycles. The second kappa shape index (κ2) is 6.24. The fourth-order valence-corrected chi connectivity index (χ4v) is 2.07. The van der Waals surface area contributed by atoms with Crippen molar-refractivity contribution in [3.63, 3.8) is 0 Å². The van der Waals surface area contributed by atoms with E-state index in [0.29, 0.717) is 21.3 Å². The summed E-state index contributed by atoms with van der Waals surface area (Å²) in [5.74, 6) is 0.111. The molecule has 0 amide bonds. The van der Waals surface area contributed by atoms with Gasteiger partial charge in [-0.25, -0.2) is 0 Å². The highest BCUT2D eigenvalue weighted by atomic mass is 16.7. The third-order valence-electron chi connectivity index (χ3n) is 3.15. The van der Waals surface area contributed by atoms with Crippen molar-refractivity contribution >= 4 is 22.1 Å². The van der Waals surface area contributed by atoms with Crippen LogP contribution in [-0.2, 0) is 0 Å². The van der Waals surface area contributed by atoms with Crippen molar-refractivity contribution in [1.82, 2.24) is 25.5 Å². The first kappa shape index (κ1) is 15.3. The number of phenols is 1. The van der Waals surface area contributed by atoms with E-state index < -0.39 is 0 Å². The van der Waals surface area contributed by atoms with Crippen LogP contribution in [0.25, 0.3) is 22.1 Å². The van der Waals surface area contributed by atoms with E-state index in [1.165, 1.54) is 36.3 Å². The number of phenolic OH excluding ortho intramolecular Hbond substituents is 1. The summed E-state index contributed by atoms with van der Waals surface area (Å²) in [5.41, 5.74) is 2.39. The van der Waals surface area contributed by atoms with Crippen LogP contribution in [0.5, 0.6) is 5.75 Å². The van der Waals surface area contributed by atoms with Crippen molar-refractivity contribution in [2.24, 2.45) is 0 Å². The first-order valence-electron chi connectivity index (χ1n) is 6.75. The summed E-state index contributed by atoms with van der Waals surface area (Å²) in [7, 11) is 2.97. The van der Waals surface area contributed by atoms with Crippen molar-refractivity contribution in [2.45, 2.75) is 0 Å². The molecule has 11 heteroatoms. The number of nitrogens with zero attached hydrogens (tertiary/aromatic N) is 6. The monoisotopic (exact) mass is 332 g/mol. The molecule has 0 atom stereocenters. The molecule has 124 valence electrons. The summed E-state index contributed by atoms with van der Waals surface area (Å²) >= 11 is 0. The highest BCUT2D eigenvalue weighted by molar-refractivity contribution is 5.80. The third kappa shape index (κ3) is 2.69. The van der Waals surface area contributed by atoms with E-state index in [0.717, 1.165) is 5.52 Å². The maximum atomic E-state index is 10.8. The van der Waals surface area contributed by atoms with Gasteiger partial charge in [0.2, 0.25) is 6.20 Å². The number of aromatic amines is 1. The van der Waals surface area contributed by atoms with Gasteiger partial charge in [-0.2, -0.15) is 4.73 Å². The summed E-state index contributed by atoms with van der Waals surface area (Å²) in [6.45, 7) is 0. The number of hydrogen-bond donors (Lipinski definition) is 2. The predicted octanol–water partition coefficient (Wildman–Crippen LogP) is -1.26. The molecule has 4 rings (SSSR count). The number of benzene rings is 1. The maximum absolute atomic E-state index is 10.8. The van der Waals surface area contributed by atoms with E-state index in [1.807, 2.05) is 0 Å². The first-order chi connectivity index (χ1) is 11.6. The summed E-state index contributed by atoms with van der Waals surface area (Å²) in [6, 6.07) is 6.63. The average molecular weight is 332 g/mol. The van der Waals surface area contributed by atoms with Gasteiger partial charge in [-0.1, -0.05) is 10.9 Å². The first-order valence-corrected chi connectivity index (χ1v) is 6.75. The number of aromatic hydroxyl groups is 1. The van der Waals surface area contributed by atoms with E-state index in [2.05, 4.69) is 20.6 Å². The minimum atomic E-state index is 0.111. The minimum Gasteiger partial charge on any atom is -0.619 e. The Morgan fingerprint density at radius 1 is 1.25 bits per heavy atom. The third-order valence-corrected chi connectivity index (χ3v) is 3.15. The molecule has 0 unspecified atom stereocenters. The van der Waals surface area contributed by atoms with Crippen LogP contribution in [0, 0.1) is 5.21 Å². The van der Waals surface area contributed by atoms with Gasteiger partial charge in [0.1, 0.15) is 25.5 Å². The smallest absolute Gasteiger partial charge is 0.317 e. The average Bonchev–Trinajstić information content (AvgIpc) is 3.19. The maximum Gasteiger partial charge on any atom is 0.317 e. The van der Waals surface area contributed by atoms with E-state index in [4.69, 9.17) is 9.68 Å². The van der Waals surface area contributed by atoms with Crippen LogP contribution in [0.15, 0.2) is 36.7 Å². The molecule has 0 saturated heterocycles. The van der Waals surface area contributed by atoms with Gasteiger partial charge in [-0.3, -0.25) is 0 Å². The molecular formula is C13H14N7O4+. The Morgan fingerprint density at radius 2 is 2.08 bits per heavy atom. The molecule has 11 nitrogen and oxygen atoms in total. The van der Waals surface area contributed by atoms with Crippen molar-refractivity contribution in [3.8, 4) is 5.75 Å². The van der Waals surface area contributed by atoms with Gasteiger partial charge >= 0.3 is 5.52 Å². The van der Waals surface area contributed by atoms with E-state index in [1.54, 1.807) is 24.3 Å². The normalized spacial score (nSPS) is 10.4. The topological polar surface area (TPSA) is 129 Å². The zero-order chi connectivity index (χ0) is 17.1. The molecule has 0 aliphatic carbocycles. The standard InChI is InChI=1S/C7H7N3O2.C6H6N4O2/c1-12-10-7-5(8-9-10)3-2-4-6(7)11;1-12-10-6-2-3-9(11)4-5(6)7-8-10/h2-4,11H,1H3;2-4H,1H3/p+1. The van der Waals surface area contributed by atoms with Gasteiger partial charge in [-0.15, -0.1) is 5.10 Å². The lowest BCUT2D eigenvalue weighted by Gasteiger charge is -1.98. The van der Waals surface area contributed by atoms with E-state index >= 15 is 0 Å². The Balaban J connectivity index is 0.000000141. The quantitative estimate of drug-likeness (QED) is 0.346. The van der Waals surface area contributed by atoms with Gasteiger partial charge in [0.15, 0.2) is 11.7 Å². The molecular weight excluding hydrogens is 318 g/mol. The van der Waals surface area contributed by atoms with E-state index in [-0.39, 0.29) is 5.75 Å². The summed E-state index contributed by atoms with van der Waals surface area (Å²) < 4.78 is 0.684. The summed E-state index contributed by atoms with van der Waals surface area (Å²) in [4.78, 5) is 12.3. The highest BCUT2D eigenvalue weighted by Crippen LogP contribution is 2.20. The SMILES string of the molecule is CO[n+]1[nH]nc2c[n+]([O-])ccc21.COn1nnc2cccc(O)c21. The Labute approximate surface area is 134 Å². The molecule has 1 aromatic carbocycles. The second-order valence-corrected chi connectivity index (χ2v) is 4.55. The predicted molar refractivity (Wildman–Crippen MR) is 79.4 cm³/mol. The summed E-state index contributed by atoms with van der Waals surface area (Å²) in [5, 5.41) is 34.0. The largest absolute Gasteiger partial charge is 0.619 e. The molecule has 0 spiro atoms. The zero-order valence-corrected chi connectivity index (χ0v) is 12.8. The van der Waals surface area contributed by atoms with Gasteiger partial charge in [0.25, 0.3) is 5.52 Å². The van der Waals surface area contributed by atoms with Gasteiger partial charge in [0, 0.05) is 4.85 Å². The molecule has 0 saturated carbocycles. The number of pyridine rings is 1. The van der Waals surface area contributed by atoms with Crippen molar-refractivity contribution in [1.29, 1.82) is 0 Å². The molecule has 24 heavy (non-hydrogen) atoms. The van der Waals surface area contributed by atoms with E-state index in [9.17, 15) is 10.3 Å². The van der Waals surface area contributed by atoms with Crippen LogP contribution < -0.4 is 19.3 Å². The lowest BCUT2D eigenvalue weighted by Crippen LogP contribution is -2.43. The van der Waals surface area contributed by atoms with Crippen molar-refractivity contribution < 1.29 is 24.4 Å². The number of rotatable bonds is 2. The van der Waals surface area contributed by atoms with Gasteiger partial charge < -0.3 is 20.0 Å². The molecule has 0 bridgehead atoms. The lowest BCUT2D eigenvalue weighted by molar-refractivity contribution is -0.911. The Morgan fingerprint density at radius 3 is 2.83 bits per heavy atom. The van der Waals surface area contributed by atoms with Gasteiger partial charge in [-0.05, 0) is 22.6 Å². The van der Waals surface area contributed by atoms with Crippen LogP contribution in [0.2, 0.25) is 0 Å². The van der Waals surface area contributed by atoms with Crippen LogP contribution in [-0.4, -0.2) is 44.8 Å². The molecule has 2 N–H and O–H groups in total. The zero-order valence-electron chi connectivity index (χ0n) is 12.8. The molecule has 4 aromatic rings. The molecule has 0 fully saturated rings. The van der Waals surface area contributed by atoms with Crippen molar-refractivity contribution in [3.05, 3.63) is 41.9 Å². The van der Waals surface area contributed by atoms with Crippen molar-refractivity contribution in [2.75, 3.05) is 14.2 Å². The van der Waals surface area contributed by atoms with Crippen LogP contribution >= 0.6 is 0 Å². The Kier molecular flexibility index (Phi) is 3.97. The Bertz CT molecular complexity index is 980. The summed E-state index contributed by atoms with van der Waals surface area (Å²) in [6.07, 6.45) is 2.74. The number of H-pyrrole nitrogens is 1. The fourth-order valence-electron chi connectivity index (χ4n) is 2.07. The lowest BCUT2D eigenvalue weighted by atomic mass is 10.3. The van der Waals surface area contributed by atoms with Crippen LogP contribution in [0.4, 0.5) is 0 Å². The fraction of sp³-hybridized carbons (Fsp3) is 0.154. The minimum absolute atomic E-state index is 0.111. The molecule has 0 aliphatic rings. The number of aromatic nitrogens is 7. The molecule has 3 aromatic heterocycles. The molecule has 0 radical (unpaired) electrons. The molecule has 3 heterocycles. The number of para-hydroxylation sites is 1. The number of nitrogens with one attached hydrogen (secondary N) is 1. The van der Waals surface area contributed by atoms with Crippen LogP contribution in [0.3, 0.4) is 0 Å².